The van der Waals surface area contributed by atoms with E-state index in [1.54, 1.807) is 42.5 Å². The summed E-state index contributed by atoms with van der Waals surface area (Å²) in [6.07, 6.45) is 1.00. The van der Waals surface area contributed by atoms with Crippen molar-refractivity contribution in [1.82, 2.24) is 5.43 Å². The van der Waals surface area contributed by atoms with Crippen molar-refractivity contribution in [1.29, 1.82) is 0 Å². The normalized spacial score (nSPS) is 10.4. The molecule has 2 aromatic carbocycles. The van der Waals surface area contributed by atoms with Gasteiger partial charge in [-0.25, -0.2) is 10.2 Å². The van der Waals surface area contributed by atoms with Gasteiger partial charge in [0.1, 0.15) is 17.9 Å². The molecule has 9 nitrogen and oxygen atoms in total. The molecule has 0 bridgehead atoms. The van der Waals surface area contributed by atoms with Gasteiger partial charge >= 0.3 is 5.97 Å². The molecule has 0 atom stereocenters. The molecule has 0 spiro atoms. The van der Waals surface area contributed by atoms with Gasteiger partial charge in [-0.3, -0.25) is 9.59 Å². The van der Waals surface area contributed by atoms with E-state index in [-0.39, 0.29) is 6.61 Å². The van der Waals surface area contributed by atoms with E-state index < -0.39 is 24.2 Å². The van der Waals surface area contributed by atoms with Crippen molar-refractivity contribution in [3.05, 3.63) is 52.5 Å². The number of methoxy groups -OCH3 is 2. The summed E-state index contributed by atoms with van der Waals surface area (Å²) >= 11 is 3.33. The summed E-state index contributed by atoms with van der Waals surface area (Å²) in [5.74, 6) is -0.619. The summed E-state index contributed by atoms with van der Waals surface area (Å²) in [7, 11) is 2.76. The quantitative estimate of drug-likeness (QED) is 0.248. The van der Waals surface area contributed by atoms with E-state index in [2.05, 4.69) is 36.5 Å². The number of amides is 2. The topological polar surface area (TPSA) is 115 Å². The lowest BCUT2D eigenvalue weighted by molar-refractivity contribution is -0.143. The van der Waals surface area contributed by atoms with Crippen LogP contribution in [0.2, 0.25) is 0 Å². The van der Waals surface area contributed by atoms with Crippen LogP contribution < -0.4 is 20.2 Å². The molecule has 10 heteroatoms. The number of benzene rings is 2. The predicted molar refractivity (Wildman–Crippen MR) is 114 cm³/mol. The van der Waals surface area contributed by atoms with Gasteiger partial charge in [-0.1, -0.05) is 12.1 Å². The second-order valence-electron chi connectivity index (χ2n) is 5.77. The summed E-state index contributed by atoms with van der Waals surface area (Å²) in [6, 6.07) is 11.9. The van der Waals surface area contributed by atoms with E-state index in [1.165, 1.54) is 20.4 Å². The van der Waals surface area contributed by atoms with Crippen LogP contribution in [0.25, 0.3) is 0 Å². The number of ether oxygens (including phenoxy) is 3. The monoisotopic (exact) mass is 477 g/mol. The second kappa shape index (κ2) is 11.6. The smallest absolute Gasteiger partial charge is 0.343 e. The molecule has 0 heterocycles. The Bertz CT molecular complexity index is 948. The van der Waals surface area contributed by atoms with Gasteiger partial charge in [-0.05, 0) is 51.8 Å². The van der Waals surface area contributed by atoms with Crippen molar-refractivity contribution in [2.24, 2.45) is 5.10 Å². The Morgan fingerprint density at radius 3 is 2.53 bits per heavy atom. The van der Waals surface area contributed by atoms with Crippen molar-refractivity contribution in [2.75, 3.05) is 26.1 Å². The average molecular weight is 478 g/mol. The fraction of sp³-hybridized carbons (Fsp3) is 0.200. The van der Waals surface area contributed by atoms with Gasteiger partial charge < -0.3 is 19.5 Å². The average Bonchev–Trinajstić information content (AvgIpc) is 2.73. The largest absolute Gasteiger partial charge is 0.495 e. The van der Waals surface area contributed by atoms with Gasteiger partial charge in [-0.15, -0.1) is 0 Å². The highest BCUT2D eigenvalue weighted by Gasteiger charge is 2.11. The lowest BCUT2D eigenvalue weighted by Crippen LogP contribution is -2.24. The number of rotatable bonds is 9. The Hall–Kier alpha value is -3.40. The van der Waals surface area contributed by atoms with Crippen LogP contribution in [0.4, 0.5) is 5.69 Å². The molecule has 0 aromatic heterocycles. The van der Waals surface area contributed by atoms with Crippen molar-refractivity contribution < 1.29 is 28.6 Å². The third-order valence-corrected chi connectivity index (χ3v) is 4.25. The maximum Gasteiger partial charge on any atom is 0.343 e. The van der Waals surface area contributed by atoms with Crippen LogP contribution in [-0.2, 0) is 19.1 Å². The number of esters is 1. The van der Waals surface area contributed by atoms with Crippen molar-refractivity contribution in [3.63, 3.8) is 0 Å². The van der Waals surface area contributed by atoms with Gasteiger partial charge in [0.15, 0.2) is 6.61 Å². The molecule has 2 aromatic rings. The minimum atomic E-state index is -0.573. The number of anilines is 1. The molecular formula is C20H20BrN3O6. The van der Waals surface area contributed by atoms with Crippen LogP contribution in [-0.4, -0.2) is 44.8 Å². The minimum Gasteiger partial charge on any atom is -0.495 e. The zero-order valence-electron chi connectivity index (χ0n) is 16.3. The lowest BCUT2D eigenvalue weighted by atomic mass is 10.2. The number of nitrogens with zero attached hydrogens (tertiary/aromatic N) is 1. The van der Waals surface area contributed by atoms with Gasteiger partial charge in [0, 0.05) is 0 Å². The van der Waals surface area contributed by atoms with Crippen molar-refractivity contribution in [3.8, 4) is 11.5 Å². The highest BCUT2D eigenvalue weighted by Crippen LogP contribution is 2.25. The second-order valence-corrected chi connectivity index (χ2v) is 6.63. The standard InChI is InChI=1S/C20H20BrN3O6/c1-28-17-6-4-3-5-15(17)23-18(25)10-19(26)24-22-11-13-7-8-16(14(21)9-13)30-12-20(27)29-2/h3-9,11H,10,12H2,1-2H3,(H,23,25)(H,24,26). The maximum absolute atomic E-state index is 12.0. The maximum atomic E-state index is 12.0. The zero-order chi connectivity index (χ0) is 21.9. The van der Waals surface area contributed by atoms with Gasteiger partial charge in [0.2, 0.25) is 11.8 Å². The van der Waals surface area contributed by atoms with Crippen LogP contribution in [0.5, 0.6) is 11.5 Å². The number of nitrogens with one attached hydrogen (secondary N) is 2. The van der Waals surface area contributed by atoms with Crippen molar-refractivity contribution in [2.45, 2.75) is 6.42 Å². The first kappa shape index (κ1) is 22.9. The van der Waals surface area contributed by atoms with E-state index in [4.69, 9.17) is 9.47 Å². The SMILES string of the molecule is COC(=O)COc1ccc(C=NNC(=O)CC(=O)Nc2ccccc2OC)cc1Br. The summed E-state index contributed by atoms with van der Waals surface area (Å²) in [4.78, 5) is 35.0. The van der Waals surface area contributed by atoms with Crippen LogP contribution in [0.3, 0.4) is 0 Å². The molecule has 0 saturated heterocycles. The van der Waals surface area contributed by atoms with E-state index in [9.17, 15) is 14.4 Å². The highest BCUT2D eigenvalue weighted by molar-refractivity contribution is 9.10. The summed E-state index contributed by atoms with van der Waals surface area (Å²) in [6.45, 7) is -0.213. The van der Waals surface area contributed by atoms with Crippen LogP contribution >= 0.6 is 15.9 Å². The Balaban J connectivity index is 1.84. The van der Waals surface area contributed by atoms with Crippen LogP contribution in [0.15, 0.2) is 52.0 Å². The first-order valence-corrected chi connectivity index (χ1v) is 9.46. The number of hydrogen-bond donors (Lipinski definition) is 2. The van der Waals surface area contributed by atoms with Crippen molar-refractivity contribution >= 4 is 45.6 Å². The fourth-order valence-corrected chi connectivity index (χ4v) is 2.73. The molecule has 0 aliphatic heterocycles. The molecule has 158 valence electrons. The summed E-state index contributed by atoms with van der Waals surface area (Å²) in [5.41, 5.74) is 3.42. The third-order valence-electron chi connectivity index (χ3n) is 3.63. The number of hydrazone groups is 1. The number of carbonyl (C=O) groups excluding carboxylic acids is 3. The van der Waals surface area contributed by atoms with Gasteiger partial charge in [0.05, 0.1) is 30.6 Å². The fourth-order valence-electron chi connectivity index (χ4n) is 2.22. The number of hydrogen-bond acceptors (Lipinski definition) is 7. The highest BCUT2D eigenvalue weighted by atomic mass is 79.9. The number of carbonyl (C=O) groups is 3. The van der Waals surface area contributed by atoms with E-state index >= 15 is 0 Å². The summed E-state index contributed by atoms with van der Waals surface area (Å²) < 4.78 is 15.6. The lowest BCUT2D eigenvalue weighted by Gasteiger charge is -2.09. The first-order valence-electron chi connectivity index (χ1n) is 8.67. The minimum absolute atomic E-state index is 0.213. The zero-order valence-corrected chi connectivity index (χ0v) is 17.9. The molecule has 2 N–H and O–H groups in total. The van der Waals surface area contributed by atoms with Crippen LogP contribution in [0.1, 0.15) is 12.0 Å². The number of para-hydroxylation sites is 2. The van der Waals surface area contributed by atoms with E-state index in [1.807, 2.05) is 0 Å². The molecule has 0 aliphatic rings. The molecule has 0 saturated carbocycles. The Labute approximate surface area is 181 Å². The predicted octanol–water partition coefficient (Wildman–Crippen LogP) is 2.49. The van der Waals surface area contributed by atoms with Crippen LogP contribution in [0, 0.1) is 0 Å². The first-order chi connectivity index (χ1) is 14.4. The van der Waals surface area contributed by atoms with Gasteiger partial charge in [0.25, 0.3) is 0 Å². The molecule has 2 rings (SSSR count). The van der Waals surface area contributed by atoms with Gasteiger partial charge in [-0.2, -0.15) is 5.10 Å². The Morgan fingerprint density at radius 2 is 1.83 bits per heavy atom. The number of halogens is 1. The Morgan fingerprint density at radius 1 is 1.07 bits per heavy atom. The molecule has 30 heavy (non-hydrogen) atoms. The molecule has 0 unspecified atom stereocenters. The van der Waals surface area contributed by atoms with E-state index in [0.29, 0.717) is 27.2 Å². The molecular weight excluding hydrogens is 458 g/mol. The third kappa shape index (κ3) is 7.21. The molecule has 0 radical (unpaired) electrons. The van der Waals surface area contributed by atoms with E-state index in [0.717, 1.165) is 0 Å². The molecule has 0 fully saturated rings. The molecule has 2 amide bonds. The summed E-state index contributed by atoms with van der Waals surface area (Å²) in [5, 5.41) is 6.44. The Kier molecular flexibility index (Phi) is 8.82. The molecule has 0 aliphatic carbocycles.